The molecule has 0 saturated carbocycles. The van der Waals surface area contributed by atoms with Crippen LogP contribution in [0.4, 0.5) is 11.4 Å². The van der Waals surface area contributed by atoms with E-state index in [0.29, 0.717) is 5.69 Å². The van der Waals surface area contributed by atoms with Crippen LogP contribution in [0.25, 0.3) is 10.8 Å². The predicted octanol–water partition coefficient (Wildman–Crippen LogP) is 4.15. The third-order valence-corrected chi connectivity index (χ3v) is 3.73. The standard InChI is InChI=1S/C19H16N2O4/c1-13(25-18-8-4-7-17(12-18)21(23)24)19(22)20-16-10-9-14-5-2-3-6-15(14)11-16/h2-13H,1H3,(H,20,22)/t13-/m1/s1. The average molecular weight is 336 g/mol. The van der Waals surface area contributed by atoms with Crippen molar-refractivity contribution in [2.75, 3.05) is 5.32 Å². The predicted molar refractivity (Wildman–Crippen MR) is 95.8 cm³/mol. The molecule has 0 bridgehead atoms. The van der Waals surface area contributed by atoms with E-state index < -0.39 is 11.0 Å². The van der Waals surface area contributed by atoms with Gasteiger partial charge in [-0.25, -0.2) is 0 Å². The first-order valence-electron chi connectivity index (χ1n) is 7.74. The Kier molecular flexibility index (Phi) is 4.61. The lowest BCUT2D eigenvalue weighted by molar-refractivity contribution is -0.384. The van der Waals surface area contributed by atoms with Crippen LogP contribution in [0.2, 0.25) is 0 Å². The Hall–Kier alpha value is -3.41. The van der Waals surface area contributed by atoms with Gasteiger partial charge in [-0.2, -0.15) is 0 Å². The number of nitro groups is 1. The minimum absolute atomic E-state index is 0.0837. The van der Waals surface area contributed by atoms with Gasteiger partial charge < -0.3 is 10.1 Å². The van der Waals surface area contributed by atoms with Crippen molar-refractivity contribution in [2.24, 2.45) is 0 Å². The van der Waals surface area contributed by atoms with Crippen molar-refractivity contribution in [3.05, 3.63) is 76.8 Å². The number of benzene rings is 3. The summed E-state index contributed by atoms with van der Waals surface area (Å²) in [4.78, 5) is 22.6. The highest BCUT2D eigenvalue weighted by Gasteiger charge is 2.16. The number of rotatable bonds is 5. The molecule has 25 heavy (non-hydrogen) atoms. The molecule has 0 unspecified atom stereocenters. The van der Waals surface area contributed by atoms with Crippen molar-refractivity contribution in [1.29, 1.82) is 0 Å². The number of fused-ring (bicyclic) bond motifs is 1. The molecular formula is C19H16N2O4. The first-order valence-corrected chi connectivity index (χ1v) is 7.74. The lowest BCUT2D eigenvalue weighted by Gasteiger charge is -2.15. The summed E-state index contributed by atoms with van der Waals surface area (Å²) in [6.07, 6.45) is -0.798. The number of nitrogens with one attached hydrogen (secondary N) is 1. The van der Waals surface area contributed by atoms with Crippen LogP contribution in [0.15, 0.2) is 66.7 Å². The minimum atomic E-state index is -0.798. The maximum atomic E-state index is 12.3. The van der Waals surface area contributed by atoms with Crippen LogP contribution in [0, 0.1) is 10.1 Å². The highest BCUT2D eigenvalue weighted by Crippen LogP contribution is 2.21. The number of non-ortho nitro benzene ring substituents is 1. The van der Waals surface area contributed by atoms with Crippen LogP contribution in [-0.4, -0.2) is 16.9 Å². The average Bonchev–Trinajstić information content (AvgIpc) is 2.61. The van der Waals surface area contributed by atoms with E-state index in [9.17, 15) is 14.9 Å². The maximum Gasteiger partial charge on any atom is 0.273 e. The fourth-order valence-electron chi connectivity index (χ4n) is 2.44. The smallest absolute Gasteiger partial charge is 0.273 e. The fourth-order valence-corrected chi connectivity index (χ4v) is 2.44. The summed E-state index contributed by atoms with van der Waals surface area (Å²) >= 11 is 0. The van der Waals surface area contributed by atoms with Crippen molar-refractivity contribution in [3.8, 4) is 5.75 Å². The lowest BCUT2D eigenvalue weighted by Crippen LogP contribution is -2.30. The van der Waals surface area contributed by atoms with Gasteiger partial charge in [0, 0.05) is 11.8 Å². The zero-order valence-electron chi connectivity index (χ0n) is 13.5. The number of nitrogens with zero attached hydrogens (tertiary/aromatic N) is 1. The first kappa shape index (κ1) is 16.4. The lowest BCUT2D eigenvalue weighted by atomic mass is 10.1. The van der Waals surface area contributed by atoms with Crippen molar-refractivity contribution in [2.45, 2.75) is 13.0 Å². The molecule has 3 rings (SSSR count). The number of carbonyl (C=O) groups is 1. The Balaban J connectivity index is 1.69. The van der Waals surface area contributed by atoms with Crippen molar-refractivity contribution in [1.82, 2.24) is 0 Å². The Morgan fingerprint density at radius 2 is 1.80 bits per heavy atom. The molecule has 1 atom stereocenters. The van der Waals surface area contributed by atoms with E-state index in [2.05, 4.69) is 5.32 Å². The number of anilines is 1. The molecule has 0 aromatic heterocycles. The van der Waals surface area contributed by atoms with Crippen LogP contribution >= 0.6 is 0 Å². The monoisotopic (exact) mass is 336 g/mol. The van der Waals surface area contributed by atoms with E-state index in [0.717, 1.165) is 10.8 Å². The van der Waals surface area contributed by atoms with Gasteiger partial charge in [-0.3, -0.25) is 14.9 Å². The third kappa shape index (κ3) is 3.92. The van der Waals surface area contributed by atoms with Gasteiger partial charge in [-0.15, -0.1) is 0 Å². The molecule has 6 heteroatoms. The van der Waals surface area contributed by atoms with E-state index in [1.54, 1.807) is 13.0 Å². The normalized spacial score (nSPS) is 11.7. The molecule has 0 saturated heterocycles. The van der Waals surface area contributed by atoms with Gasteiger partial charge in [0.1, 0.15) is 5.75 Å². The molecule has 3 aromatic carbocycles. The first-order chi connectivity index (χ1) is 12.0. The van der Waals surface area contributed by atoms with E-state index in [1.165, 1.54) is 18.2 Å². The van der Waals surface area contributed by atoms with Crippen LogP contribution in [0.5, 0.6) is 5.75 Å². The van der Waals surface area contributed by atoms with Crippen molar-refractivity contribution < 1.29 is 14.5 Å². The van der Waals surface area contributed by atoms with E-state index in [4.69, 9.17) is 4.74 Å². The molecule has 1 amide bonds. The topological polar surface area (TPSA) is 81.5 Å². The van der Waals surface area contributed by atoms with Gasteiger partial charge >= 0.3 is 0 Å². The summed E-state index contributed by atoms with van der Waals surface area (Å²) in [5.74, 6) is -0.0582. The molecule has 3 aromatic rings. The van der Waals surface area contributed by atoms with Gasteiger partial charge in [0.2, 0.25) is 0 Å². The highest BCUT2D eigenvalue weighted by atomic mass is 16.6. The fraction of sp³-hybridized carbons (Fsp3) is 0.105. The summed E-state index contributed by atoms with van der Waals surface area (Å²) in [5.41, 5.74) is 0.581. The zero-order valence-corrected chi connectivity index (χ0v) is 13.5. The summed E-state index contributed by atoms with van der Waals surface area (Å²) in [6.45, 7) is 1.59. The molecule has 6 nitrogen and oxygen atoms in total. The zero-order chi connectivity index (χ0) is 17.8. The summed E-state index contributed by atoms with van der Waals surface area (Å²) in [7, 11) is 0. The third-order valence-electron chi connectivity index (χ3n) is 3.73. The molecule has 0 fully saturated rings. The van der Waals surface area contributed by atoms with E-state index in [1.807, 2.05) is 42.5 Å². The van der Waals surface area contributed by atoms with Crippen LogP contribution < -0.4 is 10.1 Å². The number of amides is 1. The number of ether oxygens (including phenoxy) is 1. The van der Waals surface area contributed by atoms with Gasteiger partial charge in [-0.05, 0) is 35.9 Å². The quantitative estimate of drug-likeness (QED) is 0.560. The number of nitro benzene ring substituents is 1. The number of hydrogen-bond acceptors (Lipinski definition) is 4. The number of hydrogen-bond donors (Lipinski definition) is 1. The van der Waals surface area contributed by atoms with Crippen LogP contribution in [0.3, 0.4) is 0 Å². The Labute approximate surface area is 144 Å². The summed E-state index contributed by atoms with van der Waals surface area (Å²) in [6, 6.07) is 19.2. The molecule has 0 aliphatic carbocycles. The molecule has 0 aliphatic rings. The van der Waals surface area contributed by atoms with Crippen LogP contribution in [0.1, 0.15) is 6.92 Å². The molecule has 0 aliphatic heterocycles. The highest BCUT2D eigenvalue weighted by molar-refractivity contribution is 5.96. The van der Waals surface area contributed by atoms with Crippen LogP contribution in [-0.2, 0) is 4.79 Å². The van der Waals surface area contributed by atoms with Gasteiger partial charge in [0.25, 0.3) is 11.6 Å². The molecule has 126 valence electrons. The van der Waals surface area contributed by atoms with Gasteiger partial charge in [0.05, 0.1) is 11.0 Å². The SMILES string of the molecule is C[C@@H](Oc1cccc([N+](=O)[O-])c1)C(=O)Nc1ccc2ccccc2c1. The van der Waals surface area contributed by atoms with E-state index in [-0.39, 0.29) is 17.3 Å². The van der Waals surface area contributed by atoms with Crippen molar-refractivity contribution >= 4 is 28.1 Å². The van der Waals surface area contributed by atoms with Gasteiger partial charge in [-0.1, -0.05) is 36.4 Å². The molecular weight excluding hydrogens is 320 g/mol. The Morgan fingerprint density at radius 1 is 1.04 bits per heavy atom. The second-order valence-electron chi connectivity index (χ2n) is 5.57. The number of carbonyl (C=O) groups excluding carboxylic acids is 1. The second kappa shape index (κ2) is 7.00. The summed E-state index contributed by atoms with van der Waals surface area (Å²) < 4.78 is 5.51. The minimum Gasteiger partial charge on any atom is -0.481 e. The molecule has 0 heterocycles. The largest absolute Gasteiger partial charge is 0.481 e. The van der Waals surface area contributed by atoms with E-state index >= 15 is 0 Å². The maximum absolute atomic E-state index is 12.3. The Morgan fingerprint density at radius 3 is 2.56 bits per heavy atom. The summed E-state index contributed by atoms with van der Waals surface area (Å²) in [5, 5.41) is 15.7. The second-order valence-corrected chi connectivity index (χ2v) is 5.57. The Bertz CT molecular complexity index is 939. The molecule has 1 N–H and O–H groups in total. The van der Waals surface area contributed by atoms with Gasteiger partial charge in [0.15, 0.2) is 6.10 Å². The van der Waals surface area contributed by atoms with Crippen molar-refractivity contribution in [3.63, 3.8) is 0 Å². The molecule has 0 radical (unpaired) electrons. The molecule has 0 spiro atoms.